The Labute approximate surface area is 526 Å². The van der Waals surface area contributed by atoms with Crippen molar-refractivity contribution in [2.45, 2.75) is 131 Å². The number of carbonyl (C=O) groups is 4. The topological polar surface area (TPSA) is 337 Å². The number of hydrogen-bond donors (Lipinski definition) is 13. The number of nitrogens with zero attached hydrogens (tertiary/aromatic N) is 3. The molecular weight excluding hydrogens is 1320 g/mol. The first-order chi connectivity index (χ1) is 40.0. The van der Waals surface area contributed by atoms with Crippen LogP contribution in [0.1, 0.15) is 32.6 Å². The maximum Gasteiger partial charge on any atom is 0.325 e. The monoisotopic (exact) mass is 1410 g/mol. The molecule has 24 nitrogen and oxygen atoms in total. The van der Waals surface area contributed by atoms with Crippen LogP contribution in [0.25, 0.3) is 0 Å². The number of urea groups is 2. The van der Waals surface area contributed by atoms with Crippen LogP contribution in [0.5, 0.6) is 0 Å². The van der Waals surface area contributed by atoms with Crippen LogP contribution in [-0.2, 0) is 28.5 Å². The Morgan fingerprint density at radius 2 is 0.851 bits per heavy atom. The van der Waals surface area contributed by atoms with Crippen molar-refractivity contribution in [2.75, 3.05) is 85.0 Å². The van der Waals surface area contributed by atoms with E-state index in [-0.39, 0.29) is 23.9 Å². The van der Waals surface area contributed by atoms with Crippen LogP contribution >= 0.6 is 50.1 Å². The van der Waals surface area contributed by atoms with E-state index in [0.29, 0.717) is 69.0 Å². The normalized spacial score (nSPS) is 33.1. The molecule has 6 amide bonds. The molecule has 16 atom stereocenters. The Kier molecular flexibility index (Phi) is 25.8. The summed E-state index contributed by atoms with van der Waals surface area (Å²) in [6.45, 7) is 28.8. The molecule has 87 heavy (non-hydrogen) atoms. The number of aliphatic hydroxyl groups is 8. The quantitative estimate of drug-likeness (QED) is 0.0776. The molecule has 8 rings (SSSR count). The van der Waals surface area contributed by atoms with Gasteiger partial charge in [0.25, 0.3) is 11.8 Å². The summed E-state index contributed by atoms with van der Waals surface area (Å²) in [7, 11) is 1.60. The minimum absolute atomic E-state index is 0.227. The van der Waals surface area contributed by atoms with E-state index in [0.717, 1.165) is 24.6 Å². The lowest BCUT2D eigenvalue weighted by Crippen LogP contribution is -2.47. The molecule has 0 aromatic carbocycles. The van der Waals surface area contributed by atoms with E-state index in [2.05, 4.69) is 131 Å². The van der Waals surface area contributed by atoms with Crippen LogP contribution in [-0.4, -0.2) is 288 Å². The van der Waals surface area contributed by atoms with E-state index in [1.165, 1.54) is 11.1 Å². The van der Waals surface area contributed by atoms with Gasteiger partial charge in [0.15, 0.2) is 12.5 Å². The number of halogens is 1. The fourth-order valence-corrected chi connectivity index (χ4v) is 14.3. The predicted molar refractivity (Wildman–Crippen MR) is 361 cm³/mol. The van der Waals surface area contributed by atoms with E-state index in [1.807, 2.05) is 22.6 Å². The smallest absolute Gasteiger partial charge is 0.325 e. The molecular formula is C58H95IN8O16P4. The maximum atomic E-state index is 11.6. The third kappa shape index (κ3) is 20.5. The highest BCUT2D eigenvalue weighted by Crippen LogP contribution is 2.43. The van der Waals surface area contributed by atoms with E-state index >= 15 is 0 Å². The molecule has 4 saturated heterocycles. The van der Waals surface area contributed by atoms with Gasteiger partial charge in [-0.25, -0.2) is 9.59 Å². The van der Waals surface area contributed by atoms with Gasteiger partial charge < -0.3 is 101 Å². The fourth-order valence-electron chi connectivity index (χ4n) is 10.0. The molecule has 13 N–H and O–H groups in total. The second kappa shape index (κ2) is 30.3. The predicted octanol–water partition coefficient (Wildman–Crippen LogP) is 1.96. The molecule has 4 fully saturated rings. The first-order valence-electron chi connectivity index (χ1n) is 28.3. The summed E-state index contributed by atoms with van der Waals surface area (Å²) in [6, 6.07) is -0.668. The summed E-state index contributed by atoms with van der Waals surface area (Å²) in [5.74, 6) is 0.189. The average molecular weight is 1410 g/mol. The van der Waals surface area contributed by atoms with Crippen LogP contribution in [0.4, 0.5) is 9.59 Å². The van der Waals surface area contributed by atoms with Crippen molar-refractivity contribution in [1.82, 2.24) is 41.3 Å². The first kappa shape index (κ1) is 74.2. The second-order valence-electron chi connectivity index (χ2n) is 25.7. The van der Waals surface area contributed by atoms with Gasteiger partial charge in [-0.2, -0.15) is 0 Å². The van der Waals surface area contributed by atoms with Crippen molar-refractivity contribution in [3.63, 3.8) is 0 Å². The third-order valence-corrected chi connectivity index (χ3v) is 21.8. The Morgan fingerprint density at radius 3 is 1.25 bits per heavy atom. The molecule has 0 saturated carbocycles. The van der Waals surface area contributed by atoms with E-state index in [9.17, 15) is 60.0 Å². The molecule has 0 spiro atoms. The van der Waals surface area contributed by atoms with Crippen LogP contribution in [0.15, 0.2) is 94.5 Å². The molecule has 8 aliphatic heterocycles. The van der Waals surface area contributed by atoms with Gasteiger partial charge in [-0.15, -0.1) is 52.7 Å². The average Bonchev–Trinajstić information content (AvgIpc) is 1.88. The largest absolute Gasteiger partial charge is 0.388 e. The number of aliphatic hydroxyl groups excluding tert-OH is 8. The maximum absolute atomic E-state index is 11.6. The summed E-state index contributed by atoms with van der Waals surface area (Å²) in [6.07, 6.45) is 16.2. The van der Waals surface area contributed by atoms with Crippen LogP contribution < -0.4 is 26.6 Å². The molecule has 0 aromatic heterocycles. The Morgan fingerprint density at radius 1 is 0.494 bits per heavy atom. The van der Waals surface area contributed by atoms with Crippen LogP contribution in [0, 0.1) is 0 Å². The van der Waals surface area contributed by atoms with Gasteiger partial charge in [0.05, 0.1) is 28.0 Å². The molecule has 490 valence electrons. The van der Waals surface area contributed by atoms with Crippen molar-refractivity contribution in [1.29, 1.82) is 0 Å². The zero-order valence-corrected chi connectivity index (χ0v) is 57.4. The third-order valence-electron chi connectivity index (χ3n) is 15.2. The van der Waals surface area contributed by atoms with Gasteiger partial charge in [0.2, 0.25) is 0 Å². The molecule has 0 aliphatic carbocycles. The van der Waals surface area contributed by atoms with Gasteiger partial charge in [-0.05, 0) is 133 Å². The van der Waals surface area contributed by atoms with Crippen LogP contribution in [0.3, 0.4) is 0 Å². The Balaban J connectivity index is 0.000000212. The minimum Gasteiger partial charge on any atom is -0.388 e. The van der Waals surface area contributed by atoms with Crippen molar-refractivity contribution in [3.8, 4) is 0 Å². The molecule has 8 aliphatic rings. The van der Waals surface area contributed by atoms with Crippen molar-refractivity contribution >= 4 is 99.2 Å². The molecule has 0 bridgehead atoms. The number of rotatable bonds is 16. The molecule has 0 aromatic rings. The standard InChI is InChI=1S/2C15H25N2O4P.C14H22IN2O4P.C14H23N2O4P/c1-9-10(8-17(2)15(20)16-9)14-13(19)12(18)11(21-14)6-7-22(3,4)5;1-9-8-17(10(2)16-14(9)20)15-13(19)12(18)11(21-15)6-7-22(3,4)5;1-8-16-13(20)9(15)7-17(8)14-12(19)11(18)10(21-14)5-6-22(2,3)4;1-8-9(7-15-14(19)16-8)13-12(18)11(17)10(20-13)5-6-21(2,3)4/h8,11-14,18-19H,1,3,6-7H2,2,4-5H3,(H,16,20);8,11-13,15,18-19H,2-3,6-7H2,1,4-5H3,(H,16,20);7,10-12,14,18-19H,1-2,5-6H2,3-4H3,(H,16,20);7,10-13,17-18H,1-2,5-6H2,3-4H3,(H2,15,16,19). The number of carbonyl (C=O) groups excluding carboxylic acids is 4. The molecule has 8 heterocycles. The number of hydrogen-bond acceptors (Lipinski definition) is 18. The lowest BCUT2D eigenvalue weighted by molar-refractivity contribution is -0.119. The summed E-state index contributed by atoms with van der Waals surface area (Å²) >= 11 is 1.90. The highest BCUT2D eigenvalue weighted by atomic mass is 127. The van der Waals surface area contributed by atoms with Crippen LogP contribution in [0.2, 0.25) is 0 Å². The van der Waals surface area contributed by atoms with Crippen molar-refractivity contribution < 1.29 is 79.0 Å². The second-order valence-corrected chi connectivity index (χ2v) is 44.2. The number of nitrogens with one attached hydrogen (secondary N) is 5. The fraction of sp³-hybridized carbons (Fsp3) is 0.586. The summed E-state index contributed by atoms with van der Waals surface area (Å²) in [4.78, 5) is 50.3. The first-order valence-corrected chi connectivity index (χ1v) is 41.6. The minimum atomic E-state index is -1.22. The van der Waals surface area contributed by atoms with E-state index in [4.69, 9.17) is 18.9 Å². The van der Waals surface area contributed by atoms with Gasteiger partial charge in [-0.3, -0.25) is 9.59 Å². The van der Waals surface area contributed by atoms with Gasteiger partial charge >= 0.3 is 12.1 Å². The van der Waals surface area contributed by atoms with Crippen molar-refractivity contribution in [2.24, 2.45) is 0 Å². The highest BCUT2D eigenvalue weighted by molar-refractivity contribution is 14.1. The highest BCUT2D eigenvalue weighted by Gasteiger charge is 2.49. The lowest BCUT2D eigenvalue weighted by atomic mass is 9.99. The Hall–Kier alpha value is -3.55. The zero-order valence-electron chi connectivity index (χ0n) is 51.7. The molecule has 16 unspecified atom stereocenters. The summed E-state index contributed by atoms with van der Waals surface area (Å²) in [5.41, 5.74) is 2.39. The molecule has 29 heteroatoms. The summed E-state index contributed by atoms with van der Waals surface area (Å²) < 4.78 is 23.8. The Bertz CT molecular complexity index is 2870. The van der Waals surface area contributed by atoms with Gasteiger partial charge in [0.1, 0.15) is 72.7 Å². The van der Waals surface area contributed by atoms with Gasteiger partial charge in [0, 0.05) is 60.0 Å². The SMILES string of the molecule is C=C1NC(=O)C(C)=CN1C1OC(CCP(=C)(C)C)C(O)C1O.C=C1NC(=O)C(I)=CN1C1OC(CCP(=C)(C)C)C(O)C1O.C=C1NC(=O)N(C)C=C1C1OC(CCP(=C)(C)C)C(O)C1O.C=C1NC(=O)NC=C1C1OC(CCP(=C)(C)C)C(O)C1O. The number of ether oxygens (including phenoxy) is 4. The van der Waals surface area contributed by atoms with E-state index < -0.39 is 125 Å². The molecule has 0 radical (unpaired) electrons. The lowest BCUT2D eigenvalue weighted by Gasteiger charge is -2.34. The zero-order chi connectivity index (χ0) is 65.7. The number of amides is 6. The summed E-state index contributed by atoms with van der Waals surface area (Å²) in [5, 5.41) is 94.6. The van der Waals surface area contributed by atoms with Gasteiger partial charge in [-0.1, -0.05) is 26.3 Å². The van der Waals surface area contributed by atoms with E-state index in [1.54, 1.807) is 42.4 Å². The van der Waals surface area contributed by atoms with Crippen molar-refractivity contribution in [3.05, 3.63) is 94.5 Å².